The van der Waals surface area contributed by atoms with Gasteiger partial charge >= 0.3 is 0 Å². The van der Waals surface area contributed by atoms with E-state index in [-0.39, 0.29) is 18.2 Å². The highest BCUT2D eigenvalue weighted by molar-refractivity contribution is 5.65. The van der Waals surface area contributed by atoms with Crippen LogP contribution in [0.1, 0.15) is 5.56 Å². The summed E-state index contributed by atoms with van der Waals surface area (Å²) in [6, 6.07) is 8.04. The average molecular weight is 218 g/mol. The van der Waals surface area contributed by atoms with Gasteiger partial charge in [-0.25, -0.2) is 9.37 Å². The first-order valence-electron chi connectivity index (χ1n) is 4.82. The topological polar surface area (TPSA) is 59.1 Å². The lowest BCUT2D eigenvalue weighted by atomic mass is 10.1. The fraction of sp³-hybridized carbons (Fsp3) is 0.0833. The van der Waals surface area contributed by atoms with E-state index >= 15 is 0 Å². The number of nitrogen functional groups attached to an aromatic ring is 1. The molecular formula is C12H11FN2O. The van der Waals surface area contributed by atoms with Gasteiger partial charge in [0, 0.05) is 22.9 Å². The maximum Gasteiger partial charge on any atom is 0.131 e. The molecule has 0 bridgehead atoms. The highest BCUT2D eigenvalue weighted by Gasteiger charge is 2.07. The van der Waals surface area contributed by atoms with Crippen LogP contribution in [0.15, 0.2) is 36.5 Å². The van der Waals surface area contributed by atoms with Gasteiger partial charge in [0.15, 0.2) is 0 Å². The predicted octanol–water partition coefficient (Wildman–Crippen LogP) is 1.96. The second-order valence-electron chi connectivity index (χ2n) is 3.41. The molecule has 0 aliphatic carbocycles. The summed E-state index contributed by atoms with van der Waals surface area (Å²) in [4.78, 5) is 3.92. The molecule has 0 aliphatic heterocycles. The van der Waals surface area contributed by atoms with E-state index in [0.717, 1.165) is 0 Å². The number of pyridine rings is 1. The Kier molecular flexibility index (Phi) is 2.83. The summed E-state index contributed by atoms with van der Waals surface area (Å²) in [6.07, 6.45) is 1.49. The van der Waals surface area contributed by atoms with Crippen molar-refractivity contribution in [3.63, 3.8) is 0 Å². The lowest BCUT2D eigenvalue weighted by molar-refractivity contribution is 0.282. The minimum atomic E-state index is -0.321. The Morgan fingerprint density at radius 3 is 2.75 bits per heavy atom. The van der Waals surface area contributed by atoms with Crippen molar-refractivity contribution in [1.82, 2.24) is 4.98 Å². The summed E-state index contributed by atoms with van der Waals surface area (Å²) in [7, 11) is 0. The van der Waals surface area contributed by atoms with Crippen molar-refractivity contribution in [2.75, 3.05) is 5.73 Å². The van der Waals surface area contributed by atoms with Crippen molar-refractivity contribution >= 4 is 5.82 Å². The number of hydrogen-bond donors (Lipinski definition) is 2. The molecular weight excluding hydrogens is 207 g/mol. The molecule has 0 fully saturated rings. The molecule has 2 aromatic rings. The number of hydrogen-bond acceptors (Lipinski definition) is 3. The van der Waals surface area contributed by atoms with Gasteiger partial charge in [-0.1, -0.05) is 18.2 Å². The molecule has 1 aromatic heterocycles. The maximum absolute atomic E-state index is 13.5. The Bertz CT molecular complexity index is 514. The fourth-order valence-corrected chi connectivity index (χ4v) is 1.49. The van der Waals surface area contributed by atoms with Crippen LogP contribution in [0.2, 0.25) is 0 Å². The highest BCUT2D eigenvalue weighted by atomic mass is 19.1. The summed E-state index contributed by atoms with van der Waals surface area (Å²) in [6.45, 7) is -0.207. The molecule has 3 N–H and O–H groups in total. The molecule has 1 aromatic carbocycles. The second kappa shape index (κ2) is 4.28. The largest absolute Gasteiger partial charge is 0.392 e. The van der Waals surface area contributed by atoms with Crippen LogP contribution >= 0.6 is 0 Å². The number of anilines is 1. The molecule has 0 atom stereocenters. The summed E-state index contributed by atoms with van der Waals surface area (Å²) < 4.78 is 13.5. The lowest BCUT2D eigenvalue weighted by Crippen LogP contribution is -1.98. The number of rotatable bonds is 2. The third kappa shape index (κ3) is 1.87. The summed E-state index contributed by atoms with van der Waals surface area (Å²) in [5.41, 5.74) is 7.11. The van der Waals surface area contributed by atoms with E-state index in [9.17, 15) is 4.39 Å². The Balaban J connectivity index is 2.53. The zero-order valence-electron chi connectivity index (χ0n) is 8.52. The molecule has 82 valence electrons. The lowest BCUT2D eigenvalue weighted by Gasteiger charge is -2.06. The van der Waals surface area contributed by atoms with Crippen LogP contribution in [0.4, 0.5) is 10.2 Å². The van der Waals surface area contributed by atoms with Crippen molar-refractivity contribution in [2.45, 2.75) is 6.61 Å². The number of halogens is 1. The molecule has 0 radical (unpaired) electrons. The molecule has 0 amide bonds. The normalized spacial score (nSPS) is 10.4. The standard InChI is InChI=1S/C12H11FN2O/c13-11-4-2-1-3-10(11)8-5-9(7-16)12(14)15-6-8/h1-6,16H,7H2,(H2,14,15). The minimum absolute atomic E-state index is 0.207. The Labute approximate surface area is 92.4 Å². The molecule has 0 spiro atoms. The van der Waals surface area contributed by atoms with Gasteiger partial charge in [-0.05, 0) is 12.1 Å². The van der Waals surface area contributed by atoms with Crippen molar-refractivity contribution in [3.05, 3.63) is 47.9 Å². The van der Waals surface area contributed by atoms with E-state index in [0.29, 0.717) is 16.7 Å². The van der Waals surface area contributed by atoms with Crippen molar-refractivity contribution in [1.29, 1.82) is 0 Å². The highest BCUT2D eigenvalue weighted by Crippen LogP contribution is 2.24. The predicted molar refractivity (Wildman–Crippen MR) is 60.0 cm³/mol. The molecule has 0 aliphatic rings. The fourth-order valence-electron chi connectivity index (χ4n) is 1.49. The molecule has 0 saturated heterocycles. The van der Waals surface area contributed by atoms with E-state index < -0.39 is 0 Å². The number of nitrogens with two attached hydrogens (primary N) is 1. The smallest absolute Gasteiger partial charge is 0.131 e. The van der Waals surface area contributed by atoms with Gasteiger partial charge < -0.3 is 10.8 Å². The molecule has 1 heterocycles. The first-order chi connectivity index (χ1) is 7.72. The van der Waals surface area contributed by atoms with E-state index in [1.807, 2.05) is 0 Å². The summed E-state index contributed by atoms with van der Waals surface area (Å²) in [5, 5.41) is 9.05. The quantitative estimate of drug-likeness (QED) is 0.810. The van der Waals surface area contributed by atoms with Gasteiger partial charge in [0.2, 0.25) is 0 Å². The molecule has 16 heavy (non-hydrogen) atoms. The molecule has 4 heteroatoms. The van der Waals surface area contributed by atoms with Gasteiger partial charge in [-0.2, -0.15) is 0 Å². The molecule has 0 unspecified atom stereocenters. The van der Waals surface area contributed by atoms with Gasteiger partial charge in [0.25, 0.3) is 0 Å². The number of aromatic nitrogens is 1. The van der Waals surface area contributed by atoms with E-state index in [1.165, 1.54) is 12.3 Å². The monoisotopic (exact) mass is 218 g/mol. The SMILES string of the molecule is Nc1ncc(-c2ccccc2F)cc1CO. The first kappa shape index (κ1) is 10.6. The number of nitrogens with zero attached hydrogens (tertiary/aromatic N) is 1. The Hall–Kier alpha value is -1.94. The van der Waals surface area contributed by atoms with Crippen LogP contribution < -0.4 is 5.73 Å². The Morgan fingerprint density at radius 2 is 2.06 bits per heavy atom. The van der Waals surface area contributed by atoms with E-state index in [1.54, 1.807) is 24.3 Å². The zero-order valence-corrected chi connectivity index (χ0v) is 8.52. The summed E-state index contributed by atoms with van der Waals surface area (Å²) in [5.74, 6) is -0.0550. The number of aliphatic hydroxyl groups excluding tert-OH is 1. The third-order valence-corrected chi connectivity index (χ3v) is 2.36. The third-order valence-electron chi connectivity index (χ3n) is 2.36. The molecule has 2 rings (SSSR count). The van der Waals surface area contributed by atoms with Crippen molar-refractivity contribution < 1.29 is 9.50 Å². The number of benzene rings is 1. The van der Waals surface area contributed by atoms with Gasteiger partial charge in [-0.15, -0.1) is 0 Å². The van der Waals surface area contributed by atoms with Gasteiger partial charge in [0.05, 0.1) is 6.61 Å². The van der Waals surface area contributed by atoms with E-state index in [2.05, 4.69) is 4.98 Å². The van der Waals surface area contributed by atoms with Crippen molar-refractivity contribution in [2.24, 2.45) is 0 Å². The second-order valence-corrected chi connectivity index (χ2v) is 3.41. The van der Waals surface area contributed by atoms with Crippen LogP contribution in [0.25, 0.3) is 11.1 Å². The summed E-state index contributed by atoms with van der Waals surface area (Å²) >= 11 is 0. The van der Waals surface area contributed by atoms with Crippen LogP contribution in [0.3, 0.4) is 0 Å². The average Bonchev–Trinajstić information content (AvgIpc) is 2.31. The van der Waals surface area contributed by atoms with Crippen LogP contribution in [0.5, 0.6) is 0 Å². The molecule has 0 saturated carbocycles. The van der Waals surface area contributed by atoms with Gasteiger partial charge in [0.1, 0.15) is 11.6 Å². The minimum Gasteiger partial charge on any atom is -0.392 e. The zero-order chi connectivity index (χ0) is 11.5. The maximum atomic E-state index is 13.5. The van der Waals surface area contributed by atoms with Crippen LogP contribution in [-0.2, 0) is 6.61 Å². The van der Waals surface area contributed by atoms with Crippen LogP contribution in [0, 0.1) is 5.82 Å². The molecule has 3 nitrogen and oxygen atoms in total. The number of aliphatic hydroxyl groups is 1. The first-order valence-corrected chi connectivity index (χ1v) is 4.82. The van der Waals surface area contributed by atoms with E-state index in [4.69, 9.17) is 10.8 Å². The van der Waals surface area contributed by atoms with Crippen molar-refractivity contribution in [3.8, 4) is 11.1 Å². The van der Waals surface area contributed by atoms with Crippen LogP contribution in [-0.4, -0.2) is 10.1 Å². The Morgan fingerprint density at radius 1 is 1.31 bits per heavy atom. The van der Waals surface area contributed by atoms with Gasteiger partial charge in [-0.3, -0.25) is 0 Å².